The fraction of sp³-hybridized carbons (Fsp3) is 0.450. The first kappa shape index (κ1) is 21.1. The van der Waals surface area contributed by atoms with Gasteiger partial charge in [-0.05, 0) is 42.5 Å². The smallest absolute Gasteiger partial charge is 0.271 e. The van der Waals surface area contributed by atoms with Crippen LogP contribution >= 0.6 is 11.3 Å². The average molecular weight is 451 g/mol. The number of anilines is 2. The number of benzene rings is 1. The molecular weight excluding hydrogens is 424 g/mol. The van der Waals surface area contributed by atoms with E-state index in [4.69, 9.17) is 4.74 Å². The number of carbonyl (C=O) groups is 1. The van der Waals surface area contributed by atoms with E-state index >= 15 is 0 Å². The van der Waals surface area contributed by atoms with Gasteiger partial charge in [0.15, 0.2) is 0 Å². The maximum atomic E-state index is 13.0. The maximum absolute atomic E-state index is 13.0. The number of nitrogens with one attached hydrogen (secondary N) is 3. The number of hydrogen-bond donors (Lipinski definition) is 3. The molecule has 0 aliphatic carbocycles. The van der Waals surface area contributed by atoms with Gasteiger partial charge in [-0.2, -0.15) is 0 Å². The zero-order chi connectivity index (χ0) is 21.0. The van der Waals surface area contributed by atoms with Crippen molar-refractivity contribution in [3.8, 4) is 0 Å². The van der Waals surface area contributed by atoms with Gasteiger partial charge in [0.1, 0.15) is 4.21 Å². The summed E-state index contributed by atoms with van der Waals surface area (Å²) in [6.07, 6.45) is 1.98. The van der Waals surface area contributed by atoms with Crippen molar-refractivity contribution in [2.24, 2.45) is 0 Å². The minimum atomic E-state index is -3.68. The van der Waals surface area contributed by atoms with Crippen molar-refractivity contribution in [2.75, 3.05) is 49.0 Å². The molecule has 1 atom stereocenters. The summed E-state index contributed by atoms with van der Waals surface area (Å²) in [7, 11) is -3.68. The number of thiophene rings is 1. The Morgan fingerprint density at radius 1 is 1.27 bits per heavy atom. The van der Waals surface area contributed by atoms with Crippen LogP contribution in [0.1, 0.15) is 23.2 Å². The van der Waals surface area contributed by atoms with Crippen molar-refractivity contribution in [3.05, 3.63) is 41.3 Å². The zero-order valence-electron chi connectivity index (χ0n) is 16.6. The lowest BCUT2D eigenvalue weighted by Crippen LogP contribution is -2.44. The second-order valence-corrected chi connectivity index (χ2v) is 10.2. The molecule has 0 bridgehead atoms. The first-order valence-electron chi connectivity index (χ1n) is 10.1. The van der Waals surface area contributed by atoms with Crippen LogP contribution in [0.2, 0.25) is 0 Å². The Hall–Kier alpha value is -2.14. The number of hydrogen-bond acceptors (Lipinski definition) is 7. The van der Waals surface area contributed by atoms with E-state index in [1.165, 1.54) is 0 Å². The van der Waals surface area contributed by atoms with E-state index < -0.39 is 10.0 Å². The van der Waals surface area contributed by atoms with Crippen LogP contribution in [0.5, 0.6) is 0 Å². The molecule has 2 aliphatic rings. The maximum Gasteiger partial charge on any atom is 0.271 e. The molecule has 0 radical (unpaired) electrons. The van der Waals surface area contributed by atoms with Crippen molar-refractivity contribution >= 4 is 38.6 Å². The highest BCUT2D eigenvalue weighted by atomic mass is 32.2. The first-order valence-corrected chi connectivity index (χ1v) is 12.4. The van der Waals surface area contributed by atoms with E-state index in [0.717, 1.165) is 62.7 Å². The summed E-state index contributed by atoms with van der Waals surface area (Å²) in [5.41, 5.74) is 1.63. The molecule has 2 aromatic rings. The number of amides is 1. The third-order valence-electron chi connectivity index (χ3n) is 5.23. The lowest BCUT2D eigenvalue weighted by atomic mass is 10.1. The third-order valence-corrected chi connectivity index (χ3v) is 8.00. The molecule has 8 nitrogen and oxygen atoms in total. The molecule has 3 N–H and O–H groups in total. The summed E-state index contributed by atoms with van der Waals surface area (Å²) < 4.78 is 33.6. The number of sulfonamides is 1. The molecule has 10 heteroatoms. The molecule has 3 heterocycles. The number of carbonyl (C=O) groups excluding carboxylic acids is 1. The van der Waals surface area contributed by atoms with Gasteiger partial charge in [-0.15, -0.1) is 11.3 Å². The second kappa shape index (κ2) is 9.34. The normalized spacial score (nSPS) is 19.6. The van der Waals surface area contributed by atoms with Gasteiger partial charge < -0.3 is 20.3 Å². The van der Waals surface area contributed by atoms with Gasteiger partial charge in [-0.25, -0.2) is 8.42 Å². The molecule has 2 aliphatic heterocycles. The molecule has 2 saturated heterocycles. The van der Waals surface area contributed by atoms with Gasteiger partial charge in [0.25, 0.3) is 15.9 Å². The second-order valence-electron chi connectivity index (χ2n) is 7.35. The van der Waals surface area contributed by atoms with E-state index in [9.17, 15) is 13.2 Å². The molecule has 162 valence electrons. The molecule has 4 rings (SSSR count). The highest BCUT2D eigenvalue weighted by Gasteiger charge is 2.23. The number of nitrogens with zero attached hydrogens (tertiary/aromatic N) is 1. The molecule has 2 fully saturated rings. The molecular formula is C20H26N4O4S2. The summed E-state index contributed by atoms with van der Waals surface area (Å²) in [6.45, 7) is 4.42. The Morgan fingerprint density at radius 2 is 2.10 bits per heavy atom. The van der Waals surface area contributed by atoms with Crippen LogP contribution in [0.4, 0.5) is 11.4 Å². The van der Waals surface area contributed by atoms with E-state index in [-0.39, 0.29) is 16.2 Å². The van der Waals surface area contributed by atoms with Crippen molar-refractivity contribution in [2.45, 2.75) is 23.2 Å². The fourth-order valence-electron chi connectivity index (χ4n) is 3.69. The van der Waals surface area contributed by atoms with Crippen LogP contribution in [0.25, 0.3) is 0 Å². The molecule has 30 heavy (non-hydrogen) atoms. The highest BCUT2D eigenvalue weighted by molar-refractivity contribution is 7.94. The molecule has 1 aromatic carbocycles. The fourth-order valence-corrected chi connectivity index (χ4v) is 5.73. The van der Waals surface area contributed by atoms with Gasteiger partial charge in [0.05, 0.1) is 11.7 Å². The summed E-state index contributed by atoms with van der Waals surface area (Å²) in [5.74, 6) is -0.226. The van der Waals surface area contributed by atoms with Crippen molar-refractivity contribution in [1.82, 2.24) is 10.6 Å². The SMILES string of the molecule is O=C(NCC1CCCO1)c1cc(NS(=O)(=O)c2cccs2)ccc1N1CCNCC1. The van der Waals surface area contributed by atoms with Gasteiger partial charge in [-0.3, -0.25) is 9.52 Å². The minimum Gasteiger partial charge on any atom is -0.376 e. The van der Waals surface area contributed by atoms with Crippen LogP contribution in [-0.4, -0.2) is 59.8 Å². The van der Waals surface area contributed by atoms with Crippen LogP contribution in [0, 0.1) is 0 Å². The Balaban J connectivity index is 1.58. The van der Waals surface area contributed by atoms with Crippen LogP contribution in [-0.2, 0) is 14.8 Å². The van der Waals surface area contributed by atoms with E-state index in [2.05, 4.69) is 20.3 Å². The minimum absolute atomic E-state index is 0.0390. The first-order chi connectivity index (χ1) is 14.5. The molecule has 1 aromatic heterocycles. The van der Waals surface area contributed by atoms with Crippen molar-refractivity contribution in [1.29, 1.82) is 0 Å². The molecule has 0 saturated carbocycles. The average Bonchev–Trinajstić information content (AvgIpc) is 3.47. The topological polar surface area (TPSA) is 99.8 Å². The quantitative estimate of drug-likeness (QED) is 0.596. The van der Waals surface area contributed by atoms with Gasteiger partial charge in [-0.1, -0.05) is 6.07 Å². The molecule has 1 unspecified atom stereocenters. The van der Waals surface area contributed by atoms with Crippen LogP contribution in [0.15, 0.2) is 39.9 Å². The molecule has 0 spiro atoms. The highest BCUT2D eigenvalue weighted by Crippen LogP contribution is 2.27. The Kier molecular flexibility index (Phi) is 6.57. The lowest BCUT2D eigenvalue weighted by molar-refractivity contribution is 0.0858. The number of ether oxygens (including phenoxy) is 1. The Bertz CT molecular complexity index is 967. The molecule has 1 amide bonds. The van der Waals surface area contributed by atoms with Gasteiger partial charge >= 0.3 is 0 Å². The Morgan fingerprint density at radius 3 is 2.80 bits per heavy atom. The van der Waals surface area contributed by atoms with Crippen molar-refractivity contribution in [3.63, 3.8) is 0 Å². The zero-order valence-corrected chi connectivity index (χ0v) is 18.2. The third kappa shape index (κ3) is 4.94. The number of piperazine rings is 1. The monoisotopic (exact) mass is 450 g/mol. The summed E-state index contributed by atoms with van der Waals surface area (Å²) in [4.78, 5) is 15.2. The van der Waals surface area contributed by atoms with E-state index in [1.807, 2.05) is 6.07 Å². The standard InChI is InChI=1S/C20H26N4O4S2/c25-20(22-14-16-3-1-11-28-16)17-13-15(23-30(26,27)19-4-2-12-29-19)5-6-18(17)24-9-7-21-8-10-24/h2,4-6,12-13,16,21,23H,1,3,7-11,14H2,(H,22,25). The Labute approximate surface area is 180 Å². The number of rotatable bonds is 7. The van der Waals surface area contributed by atoms with E-state index in [1.54, 1.807) is 29.6 Å². The largest absolute Gasteiger partial charge is 0.376 e. The van der Waals surface area contributed by atoms with Crippen LogP contribution < -0.4 is 20.3 Å². The summed E-state index contributed by atoms with van der Waals surface area (Å²) in [6, 6.07) is 8.39. The predicted molar refractivity (Wildman–Crippen MR) is 118 cm³/mol. The summed E-state index contributed by atoms with van der Waals surface area (Å²) in [5, 5.41) is 7.98. The van der Waals surface area contributed by atoms with Gasteiger partial charge in [0, 0.05) is 50.7 Å². The van der Waals surface area contributed by atoms with Crippen LogP contribution in [0.3, 0.4) is 0 Å². The van der Waals surface area contributed by atoms with E-state index in [0.29, 0.717) is 17.8 Å². The lowest BCUT2D eigenvalue weighted by Gasteiger charge is -2.31. The van der Waals surface area contributed by atoms with Crippen molar-refractivity contribution < 1.29 is 17.9 Å². The predicted octanol–water partition coefficient (Wildman–Crippen LogP) is 1.87. The summed E-state index contributed by atoms with van der Waals surface area (Å²) >= 11 is 1.15. The van der Waals surface area contributed by atoms with Gasteiger partial charge in [0.2, 0.25) is 0 Å².